The lowest BCUT2D eigenvalue weighted by Crippen LogP contribution is -2.41. The number of carbonyl (C=O) groups excluding carboxylic acids is 1. The van der Waals surface area contributed by atoms with Gasteiger partial charge in [0.1, 0.15) is 11.7 Å². The normalized spacial score (nSPS) is 28.4. The molecule has 1 saturated carbocycles. The molecule has 3 nitrogen and oxygen atoms in total. The third-order valence-corrected chi connectivity index (χ3v) is 3.64. The summed E-state index contributed by atoms with van der Waals surface area (Å²) >= 11 is 0. The number of hydrogen-bond donors (Lipinski definition) is 1. The van der Waals surface area contributed by atoms with Gasteiger partial charge in [0, 0.05) is 6.92 Å². The van der Waals surface area contributed by atoms with Crippen LogP contribution in [0.15, 0.2) is 30.3 Å². The zero-order chi connectivity index (χ0) is 13.0. The molecule has 0 radical (unpaired) electrons. The van der Waals surface area contributed by atoms with Crippen molar-refractivity contribution < 1.29 is 14.6 Å². The van der Waals surface area contributed by atoms with Crippen molar-refractivity contribution in [3.8, 4) is 0 Å². The molecule has 0 aliphatic heterocycles. The average molecular weight is 248 g/mol. The minimum Gasteiger partial charge on any atom is -0.459 e. The molecule has 1 N–H and O–H groups in total. The summed E-state index contributed by atoms with van der Waals surface area (Å²) in [6, 6.07) is 9.54. The second kappa shape index (κ2) is 5.53. The number of aliphatic hydroxyl groups is 1. The fourth-order valence-corrected chi connectivity index (χ4v) is 2.71. The van der Waals surface area contributed by atoms with Gasteiger partial charge in [-0.05, 0) is 24.8 Å². The van der Waals surface area contributed by atoms with E-state index in [1.54, 1.807) is 0 Å². The Morgan fingerprint density at radius 3 is 2.67 bits per heavy atom. The lowest BCUT2D eigenvalue weighted by atomic mass is 9.84. The lowest BCUT2D eigenvalue weighted by molar-refractivity contribution is -0.165. The van der Waals surface area contributed by atoms with Crippen LogP contribution in [0.2, 0.25) is 0 Å². The van der Waals surface area contributed by atoms with Gasteiger partial charge in [-0.15, -0.1) is 0 Å². The molecule has 2 rings (SSSR count). The Hall–Kier alpha value is -1.35. The van der Waals surface area contributed by atoms with Crippen molar-refractivity contribution in [1.29, 1.82) is 0 Å². The van der Waals surface area contributed by atoms with E-state index in [0.29, 0.717) is 6.42 Å². The Labute approximate surface area is 108 Å². The van der Waals surface area contributed by atoms with Crippen molar-refractivity contribution in [2.75, 3.05) is 0 Å². The van der Waals surface area contributed by atoms with Gasteiger partial charge in [0.25, 0.3) is 0 Å². The number of hydrogen-bond acceptors (Lipinski definition) is 3. The van der Waals surface area contributed by atoms with E-state index in [4.69, 9.17) is 4.74 Å². The molecule has 1 aromatic carbocycles. The molecule has 98 valence electrons. The first-order chi connectivity index (χ1) is 8.63. The van der Waals surface area contributed by atoms with Gasteiger partial charge in [0.05, 0.1) is 0 Å². The van der Waals surface area contributed by atoms with E-state index >= 15 is 0 Å². The molecule has 1 aliphatic rings. The molecule has 2 atom stereocenters. The molecule has 18 heavy (non-hydrogen) atoms. The molecule has 0 amide bonds. The van der Waals surface area contributed by atoms with E-state index in [9.17, 15) is 9.90 Å². The Bertz CT molecular complexity index is 401. The quantitative estimate of drug-likeness (QED) is 0.646. The third kappa shape index (κ3) is 2.72. The maximum absolute atomic E-state index is 11.2. The largest absolute Gasteiger partial charge is 0.459 e. The molecule has 3 heteroatoms. The Morgan fingerprint density at radius 2 is 2.00 bits per heavy atom. The van der Waals surface area contributed by atoms with Crippen LogP contribution in [-0.2, 0) is 15.1 Å². The number of benzene rings is 1. The van der Waals surface area contributed by atoms with E-state index < -0.39 is 11.7 Å². The average Bonchev–Trinajstić information content (AvgIpc) is 2.54. The minimum atomic E-state index is -1.04. The fourth-order valence-electron chi connectivity index (χ4n) is 2.71. The van der Waals surface area contributed by atoms with Crippen LogP contribution in [-0.4, -0.2) is 17.2 Å². The molecule has 0 bridgehead atoms. The van der Waals surface area contributed by atoms with Gasteiger partial charge in [-0.1, -0.05) is 43.2 Å². The van der Waals surface area contributed by atoms with E-state index in [1.165, 1.54) is 6.92 Å². The topological polar surface area (TPSA) is 46.5 Å². The van der Waals surface area contributed by atoms with Crippen molar-refractivity contribution >= 4 is 5.97 Å². The summed E-state index contributed by atoms with van der Waals surface area (Å²) in [5.41, 5.74) is -0.193. The van der Waals surface area contributed by atoms with Crippen LogP contribution in [0.4, 0.5) is 0 Å². The molecule has 0 unspecified atom stereocenters. The minimum absolute atomic E-state index is 0.323. The number of ether oxygens (including phenoxy) is 1. The summed E-state index contributed by atoms with van der Waals surface area (Å²) in [6.45, 7) is 1.40. The second-order valence-electron chi connectivity index (χ2n) is 4.99. The summed E-state index contributed by atoms with van der Waals surface area (Å²) in [5, 5.41) is 11.0. The van der Waals surface area contributed by atoms with Crippen LogP contribution in [0.25, 0.3) is 0 Å². The highest BCUT2D eigenvalue weighted by molar-refractivity contribution is 5.66. The van der Waals surface area contributed by atoms with Gasteiger partial charge < -0.3 is 9.84 Å². The van der Waals surface area contributed by atoms with E-state index in [2.05, 4.69) is 0 Å². The van der Waals surface area contributed by atoms with E-state index in [-0.39, 0.29) is 5.97 Å². The molecular formula is C15H20O3. The van der Waals surface area contributed by atoms with Crippen molar-refractivity contribution in [2.24, 2.45) is 0 Å². The first kappa shape index (κ1) is 13.1. The maximum atomic E-state index is 11.2. The van der Waals surface area contributed by atoms with Gasteiger partial charge in [0.2, 0.25) is 0 Å². The van der Waals surface area contributed by atoms with Crippen molar-refractivity contribution in [2.45, 2.75) is 50.7 Å². The first-order valence-electron chi connectivity index (χ1n) is 6.58. The fraction of sp³-hybridized carbons (Fsp3) is 0.533. The number of carbonyl (C=O) groups is 1. The van der Waals surface area contributed by atoms with Crippen molar-refractivity contribution in [1.82, 2.24) is 0 Å². The predicted octanol–water partition coefficient (Wildman–Crippen LogP) is 2.77. The van der Waals surface area contributed by atoms with Gasteiger partial charge in [0.15, 0.2) is 0 Å². The van der Waals surface area contributed by atoms with Crippen LogP contribution in [0.5, 0.6) is 0 Å². The molecule has 1 aromatic rings. The summed E-state index contributed by atoms with van der Waals surface area (Å²) in [6.07, 6.45) is 3.98. The zero-order valence-electron chi connectivity index (χ0n) is 10.8. The molecule has 0 spiro atoms. The molecule has 0 aromatic heterocycles. The second-order valence-corrected chi connectivity index (χ2v) is 4.99. The number of esters is 1. The smallest absolute Gasteiger partial charge is 0.303 e. The van der Waals surface area contributed by atoms with E-state index in [1.807, 2.05) is 30.3 Å². The predicted molar refractivity (Wildman–Crippen MR) is 69.0 cm³/mol. The molecule has 0 saturated heterocycles. The van der Waals surface area contributed by atoms with Crippen LogP contribution in [0, 0.1) is 0 Å². The Morgan fingerprint density at radius 1 is 1.28 bits per heavy atom. The molecule has 1 fully saturated rings. The van der Waals surface area contributed by atoms with E-state index in [0.717, 1.165) is 31.2 Å². The summed E-state index contributed by atoms with van der Waals surface area (Å²) in [5.74, 6) is -0.323. The van der Waals surface area contributed by atoms with Crippen LogP contribution in [0.3, 0.4) is 0 Å². The van der Waals surface area contributed by atoms with Gasteiger partial charge in [-0.2, -0.15) is 0 Å². The van der Waals surface area contributed by atoms with Gasteiger partial charge in [-0.25, -0.2) is 0 Å². The third-order valence-electron chi connectivity index (χ3n) is 3.64. The first-order valence-corrected chi connectivity index (χ1v) is 6.58. The van der Waals surface area contributed by atoms with Crippen LogP contribution in [0.1, 0.15) is 44.6 Å². The van der Waals surface area contributed by atoms with Crippen LogP contribution < -0.4 is 0 Å². The van der Waals surface area contributed by atoms with Gasteiger partial charge >= 0.3 is 5.97 Å². The highest BCUT2D eigenvalue weighted by Crippen LogP contribution is 2.37. The Kier molecular flexibility index (Phi) is 4.02. The summed E-state index contributed by atoms with van der Waals surface area (Å²) in [7, 11) is 0. The lowest BCUT2D eigenvalue weighted by Gasteiger charge is -2.34. The molecule has 0 heterocycles. The number of rotatable bonds is 2. The monoisotopic (exact) mass is 248 g/mol. The zero-order valence-corrected chi connectivity index (χ0v) is 10.8. The molecular weight excluding hydrogens is 228 g/mol. The van der Waals surface area contributed by atoms with Crippen molar-refractivity contribution in [3.63, 3.8) is 0 Å². The SMILES string of the molecule is CC(=O)O[C@H]1CCCCC[C@]1(O)c1ccccc1. The summed E-state index contributed by atoms with van der Waals surface area (Å²) < 4.78 is 5.35. The van der Waals surface area contributed by atoms with Gasteiger partial charge in [-0.3, -0.25) is 4.79 Å². The standard InChI is InChI=1S/C15H20O3/c1-12(16)18-14-10-6-3-7-11-15(14,17)13-8-4-2-5-9-13/h2,4-5,8-9,14,17H,3,6-7,10-11H2,1H3/t14-,15-/m0/s1. The maximum Gasteiger partial charge on any atom is 0.303 e. The highest BCUT2D eigenvalue weighted by Gasteiger charge is 2.41. The summed E-state index contributed by atoms with van der Waals surface area (Å²) in [4.78, 5) is 11.2. The molecule has 1 aliphatic carbocycles. The van der Waals surface area contributed by atoms with Crippen molar-refractivity contribution in [3.05, 3.63) is 35.9 Å². The Balaban J connectivity index is 2.31. The highest BCUT2D eigenvalue weighted by atomic mass is 16.6. The van der Waals surface area contributed by atoms with Crippen LogP contribution >= 0.6 is 0 Å².